The first-order valence-corrected chi connectivity index (χ1v) is 6.28. The van der Waals surface area contributed by atoms with Crippen molar-refractivity contribution >= 4 is 16.9 Å². The molecule has 0 radical (unpaired) electrons. The van der Waals surface area contributed by atoms with Gasteiger partial charge in [-0.2, -0.15) is 5.10 Å². The summed E-state index contributed by atoms with van der Waals surface area (Å²) < 4.78 is 1.80. The highest BCUT2D eigenvalue weighted by Crippen LogP contribution is 2.20. The number of amides is 1. The van der Waals surface area contributed by atoms with Crippen LogP contribution in [0.5, 0.6) is 0 Å². The number of hydrogen-bond donors (Lipinski definition) is 2. The number of nitrogens with one attached hydrogen (secondary N) is 1. The van der Waals surface area contributed by atoms with Gasteiger partial charge in [-0.05, 0) is 26.8 Å². The Morgan fingerprint density at radius 2 is 2.26 bits per heavy atom. The molecular weight excluding hydrogens is 244 g/mol. The Bertz CT molecular complexity index is 604. The lowest BCUT2D eigenvalue weighted by atomic mass is 10.1. The van der Waals surface area contributed by atoms with Crippen molar-refractivity contribution in [1.82, 2.24) is 20.1 Å². The second-order valence-corrected chi connectivity index (χ2v) is 4.71. The van der Waals surface area contributed by atoms with Gasteiger partial charge in [0.05, 0.1) is 23.8 Å². The standard InChI is InChI=1S/C13H18N4O2/c1-8(2)17-12-11(7-15-17)10(6-9(3)16-12)13(19)14-4-5-18/h6-8,18H,4-5H2,1-3H3,(H,14,19). The van der Waals surface area contributed by atoms with Crippen LogP contribution in [0, 0.1) is 6.92 Å². The van der Waals surface area contributed by atoms with Crippen molar-refractivity contribution in [3.8, 4) is 0 Å². The number of carbonyl (C=O) groups is 1. The lowest BCUT2D eigenvalue weighted by Crippen LogP contribution is -2.26. The van der Waals surface area contributed by atoms with E-state index >= 15 is 0 Å². The fourth-order valence-corrected chi connectivity index (χ4v) is 1.97. The number of nitrogens with zero attached hydrogens (tertiary/aromatic N) is 3. The molecule has 2 rings (SSSR count). The summed E-state index contributed by atoms with van der Waals surface area (Å²) in [6.07, 6.45) is 1.66. The molecule has 0 aliphatic rings. The molecular formula is C13H18N4O2. The van der Waals surface area contributed by atoms with Crippen molar-refractivity contribution < 1.29 is 9.90 Å². The summed E-state index contributed by atoms with van der Waals surface area (Å²) in [6.45, 7) is 6.04. The molecule has 102 valence electrons. The molecule has 0 aromatic carbocycles. The maximum Gasteiger partial charge on any atom is 0.252 e. The summed E-state index contributed by atoms with van der Waals surface area (Å²) in [7, 11) is 0. The van der Waals surface area contributed by atoms with Crippen LogP contribution in [0.1, 0.15) is 35.9 Å². The van der Waals surface area contributed by atoms with Crippen molar-refractivity contribution in [1.29, 1.82) is 0 Å². The first-order chi connectivity index (χ1) is 9.04. The second kappa shape index (κ2) is 5.36. The topological polar surface area (TPSA) is 80.0 Å². The molecule has 0 atom stereocenters. The van der Waals surface area contributed by atoms with E-state index in [1.54, 1.807) is 16.9 Å². The van der Waals surface area contributed by atoms with Gasteiger partial charge < -0.3 is 10.4 Å². The lowest BCUT2D eigenvalue weighted by molar-refractivity contribution is 0.0946. The number of carbonyl (C=O) groups excluding carboxylic acids is 1. The van der Waals surface area contributed by atoms with Crippen LogP contribution in [0.25, 0.3) is 11.0 Å². The van der Waals surface area contributed by atoms with Gasteiger partial charge in [-0.1, -0.05) is 0 Å². The summed E-state index contributed by atoms with van der Waals surface area (Å²) >= 11 is 0. The molecule has 0 saturated heterocycles. The van der Waals surface area contributed by atoms with Gasteiger partial charge in [-0.15, -0.1) is 0 Å². The summed E-state index contributed by atoms with van der Waals surface area (Å²) in [4.78, 5) is 16.5. The van der Waals surface area contributed by atoms with Crippen LogP contribution in [0.3, 0.4) is 0 Å². The highest BCUT2D eigenvalue weighted by molar-refractivity contribution is 6.05. The highest BCUT2D eigenvalue weighted by Gasteiger charge is 2.16. The minimum atomic E-state index is -0.215. The Hall–Kier alpha value is -1.95. The van der Waals surface area contributed by atoms with Crippen LogP contribution in [0.4, 0.5) is 0 Å². The van der Waals surface area contributed by atoms with Gasteiger partial charge in [-0.25, -0.2) is 9.67 Å². The number of aromatic nitrogens is 3. The van der Waals surface area contributed by atoms with E-state index < -0.39 is 0 Å². The Morgan fingerprint density at radius 3 is 2.89 bits per heavy atom. The molecule has 1 amide bonds. The average molecular weight is 262 g/mol. The maximum absolute atomic E-state index is 12.1. The van der Waals surface area contributed by atoms with Crippen molar-refractivity contribution in [2.45, 2.75) is 26.8 Å². The molecule has 2 aromatic heterocycles. The molecule has 0 unspecified atom stereocenters. The Morgan fingerprint density at radius 1 is 1.53 bits per heavy atom. The van der Waals surface area contributed by atoms with E-state index in [4.69, 9.17) is 5.11 Å². The normalized spacial score (nSPS) is 11.2. The lowest BCUT2D eigenvalue weighted by Gasteiger charge is -2.09. The van der Waals surface area contributed by atoms with Crippen molar-refractivity contribution in [3.63, 3.8) is 0 Å². The first-order valence-electron chi connectivity index (χ1n) is 6.28. The predicted molar refractivity (Wildman–Crippen MR) is 72.1 cm³/mol. The number of aliphatic hydroxyl groups excluding tert-OH is 1. The van der Waals surface area contributed by atoms with Gasteiger partial charge in [0.2, 0.25) is 0 Å². The largest absolute Gasteiger partial charge is 0.395 e. The molecule has 0 aliphatic carbocycles. The van der Waals surface area contributed by atoms with E-state index in [9.17, 15) is 4.79 Å². The molecule has 19 heavy (non-hydrogen) atoms. The molecule has 0 bridgehead atoms. The third-order valence-electron chi connectivity index (χ3n) is 2.83. The van der Waals surface area contributed by atoms with Gasteiger partial charge >= 0.3 is 0 Å². The zero-order valence-electron chi connectivity index (χ0n) is 11.3. The third-order valence-corrected chi connectivity index (χ3v) is 2.83. The number of rotatable bonds is 4. The zero-order valence-corrected chi connectivity index (χ0v) is 11.3. The van der Waals surface area contributed by atoms with Crippen LogP contribution < -0.4 is 5.32 Å². The van der Waals surface area contributed by atoms with Crippen molar-refractivity contribution in [2.75, 3.05) is 13.2 Å². The monoisotopic (exact) mass is 262 g/mol. The molecule has 2 heterocycles. The second-order valence-electron chi connectivity index (χ2n) is 4.71. The highest BCUT2D eigenvalue weighted by atomic mass is 16.3. The number of hydrogen-bond acceptors (Lipinski definition) is 4. The molecule has 0 fully saturated rings. The summed E-state index contributed by atoms with van der Waals surface area (Å²) in [5.41, 5.74) is 2.02. The molecule has 0 aliphatic heterocycles. The van der Waals surface area contributed by atoms with Crippen LogP contribution in [-0.2, 0) is 0 Å². The molecule has 6 nitrogen and oxygen atoms in total. The minimum absolute atomic E-state index is 0.0792. The van der Waals surface area contributed by atoms with Gasteiger partial charge in [0.25, 0.3) is 5.91 Å². The Labute approximate surface area is 111 Å². The van der Waals surface area contributed by atoms with Crippen LogP contribution >= 0.6 is 0 Å². The van der Waals surface area contributed by atoms with E-state index in [1.807, 2.05) is 20.8 Å². The fraction of sp³-hybridized carbons (Fsp3) is 0.462. The summed E-state index contributed by atoms with van der Waals surface area (Å²) in [6, 6.07) is 1.92. The molecule has 0 spiro atoms. The van der Waals surface area contributed by atoms with Crippen LogP contribution in [0.15, 0.2) is 12.3 Å². The van der Waals surface area contributed by atoms with Gasteiger partial charge in [0.1, 0.15) is 0 Å². The summed E-state index contributed by atoms with van der Waals surface area (Å²) in [5.74, 6) is -0.215. The Balaban J connectivity index is 2.52. The number of aryl methyl sites for hydroxylation is 1. The van der Waals surface area contributed by atoms with E-state index in [0.29, 0.717) is 11.2 Å². The van der Waals surface area contributed by atoms with E-state index in [2.05, 4.69) is 15.4 Å². The minimum Gasteiger partial charge on any atom is -0.395 e. The maximum atomic E-state index is 12.1. The van der Waals surface area contributed by atoms with E-state index in [0.717, 1.165) is 11.1 Å². The van der Waals surface area contributed by atoms with Crippen LogP contribution in [-0.4, -0.2) is 38.9 Å². The van der Waals surface area contributed by atoms with Crippen molar-refractivity contribution in [2.24, 2.45) is 0 Å². The molecule has 2 aromatic rings. The number of aliphatic hydroxyl groups is 1. The predicted octanol–water partition coefficient (Wildman–Crippen LogP) is 1.04. The first kappa shape index (κ1) is 13.5. The van der Waals surface area contributed by atoms with Crippen LogP contribution in [0.2, 0.25) is 0 Å². The third kappa shape index (κ3) is 2.58. The Kier molecular flexibility index (Phi) is 3.80. The average Bonchev–Trinajstić information content (AvgIpc) is 2.78. The zero-order chi connectivity index (χ0) is 14.0. The SMILES string of the molecule is Cc1cc(C(=O)NCCO)c2cnn(C(C)C)c2n1. The summed E-state index contributed by atoms with van der Waals surface area (Å²) in [5, 5.41) is 16.4. The van der Waals surface area contributed by atoms with Gasteiger partial charge in [0.15, 0.2) is 5.65 Å². The van der Waals surface area contributed by atoms with E-state index in [-0.39, 0.29) is 25.1 Å². The smallest absolute Gasteiger partial charge is 0.252 e. The quantitative estimate of drug-likeness (QED) is 0.863. The molecule has 6 heteroatoms. The van der Waals surface area contributed by atoms with Gasteiger partial charge in [-0.3, -0.25) is 4.79 Å². The molecule has 2 N–H and O–H groups in total. The number of fused-ring (bicyclic) bond motifs is 1. The fourth-order valence-electron chi connectivity index (χ4n) is 1.97. The van der Waals surface area contributed by atoms with Crippen molar-refractivity contribution in [3.05, 3.63) is 23.5 Å². The molecule has 0 saturated carbocycles. The number of pyridine rings is 1. The van der Waals surface area contributed by atoms with E-state index in [1.165, 1.54) is 0 Å². The van der Waals surface area contributed by atoms with Gasteiger partial charge in [0, 0.05) is 18.3 Å².